The van der Waals surface area contributed by atoms with Crippen LogP contribution < -0.4 is 5.73 Å². The zero-order chi connectivity index (χ0) is 15.2. The molecular weight excluding hydrogens is 252 g/mol. The Hall–Kier alpha value is -0.770. The van der Waals surface area contributed by atoms with Crippen LogP contribution in [0.15, 0.2) is 0 Å². The standard InChI is InChI=1S/C16H30N2O2/c1-14(2,3)20-13(19)18-11-7-6-8-12(18)15(4,5)16(17)9-10-16/h12H,6-11,17H2,1-5H3. The van der Waals surface area contributed by atoms with E-state index in [1.54, 1.807) is 0 Å². The van der Waals surface area contributed by atoms with E-state index < -0.39 is 5.60 Å². The second kappa shape index (κ2) is 4.90. The molecule has 2 aliphatic rings. The molecule has 0 radical (unpaired) electrons. The molecule has 2 rings (SSSR count). The fraction of sp³-hybridized carbons (Fsp3) is 0.938. The lowest BCUT2D eigenvalue weighted by Gasteiger charge is -2.48. The summed E-state index contributed by atoms with van der Waals surface area (Å²) in [6.45, 7) is 11.0. The maximum Gasteiger partial charge on any atom is 0.410 e. The zero-order valence-electron chi connectivity index (χ0n) is 13.7. The normalized spacial score (nSPS) is 26.3. The van der Waals surface area contributed by atoms with Gasteiger partial charge in [-0.1, -0.05) is 13.8 Å². The molecule has 0 aromatic heterocycles. The molecule has 0 aromatic carbocycles. The van der Waals surface area contributed by atoms with Crippen LogP contribution in [0.2, 0.25) is 0 Å². The molecule has 1 aliphatic carbocycles. The monoisotopic (exact) mass is 282 g/mol. The van der Waals surface area contributed by atoms with Crippen molar-refractivity contribution in [2.24, 2.45) is 11.1 Å². The van der Waals surface area contributed by atoms with E-state index in [1.807, 2.05) is 25.7 Å². The summed E-state index contributed by atoms with van der Waals surface area (Å²) < 4.78 is 5.58. The van der Waals surface area contributed by atoms with Gasteiger partial charge in [0, 0.05) is 23.5 Å². The molecule has 0 bridgehead atoms. The number of rotatable bonds is 2. The molecule has 116 valence electrons. The van der Waals surface area contributed by atoms with Gasteiger partial charge in [-0.25, -0.2) is 4.79 Å². The van der Waals surface area contributed by atoms with E-state index in [4.69, 9.17) is 10.5 Å². The van der Waals surface area contributed by atoms with Crippen molar-refractivity contribution in [3.8, 4) is 0 Å². The van der Waals surface area contributed by atoms with Crippen LogP contribution in [0.4, 0.5) is 4.79 Å². The average molecular weight is 282 g/mol. The Bertz CT molecular complexity index is 380. The molecule has 1 saturated carbocycles. The van der Waals surface area contributed by atoms with Crippen molar-refractivity contribution in [2.45, 2.75) is 83.9 Å². The van der Waals surface area contributed by atoms with Gasteiger partial charge in [-0.15, -0.1) is 0 Å². The number of amides is 1. The van der Waals surface area contributed by atoms with Gasteiger partial charge in [0.1, 0.15) is 5.60 Å². The fourth-order valence-electron chi connectivity index (χ4n) is 3.33. The number of likely N-dealkylation sites (tertiary alicyclic amines) is 1. The molecule has 2 fully saturated rings. The van der Waals surface area contributed by atoms with Crippen LogP contribution in [0.5, 0.6) is 0 Å². The lowest BCUT2D eigenvalue weighted by molar-refractivity contribution is -0.0169. The third kappa shape index (κ3) is 2.95. The first-order chi connectivity index (χ1) is 9.07. The Balaban J connectivity index is 2.15. The van der Waals surface area contributed by atoms with E-state index in [2.05, 4.69) is 13.8 Å². The molecular formula is C16H30N2O2. The Morgan fingerprint density at radius 1 is 1.20 bits per heavy atom. The Kier molecular flexibility index (Phi) is 3.83. The number of nitrogens with zero attached hydrogens (tertiary/aromatic N) is 1. The van der Waals surface area contributed by atoms with Crippen LogP contribution >= 0.6 is 0 Å². The Morgan fingerprint density at radius 2 is 1.80 bits per heavy atom. The molecule has 20 heavy (non-hydrogen) atoms. The van der Waals surface area contributed by atoms with Crippen LogP contribution in [0.3, 0.4) is 0 Å². The van der Waals surface area contributed by atoms with Gasteiger partial charge < -0.3 is 15.4 Å². The third-order valence-corrected chi connectivity index (χ3v) is 5.04. The minimum atomic E-state index is -0.441. The van der Waals surface area contributed by atoms with Gasteiger partial charge in [-0.05, 0) is 52.9 Å². The smallest absolute Gasteiger partial charge is 0.410 e. The Morgan fingerprint density at radius 3 is 2.30 bits per heavy atom. The van der Waals surface area contributed by atoms with Crippen molar-refractivity contribution < 1.29 is 9.53 Å². The van der Waals surface area contributed by atoms with E-state index in [-0.39, 0.29) is 23.1 Å². The molecule has 0 aromatic rings. The van der Waals surface area contributed by atoms with E-state index in [0.717, 1.165) is 32.2 Å². The van der Waals surface area contributed by atoms with Crippen LogP contribution in [0.1, 0.15) is 66.7 Å². The number of nitrogens with two attached hydrogens (primary N) is 1. The van der Waals surface area contributed by atoms with E-state index in [1.165, 1.54) is 6.42 Å². The average Bonchev–Trinajstić information content (AvgIpc) is 3.07. The van der Waals surface area contributed by atoms with Gasteiger partial charge in [0.05, 0.1) is 0 Å². The topological polar surface area (TPSA) is 55.6 Å². The van der Waals surface area contributed by atoms with Crippen LogP contribution in [0, 0.1) is 5.41 Å². The first-order valence-electron chi connectivity index (χ1n) is 7.85. The summed E-state index contributed by atoms with van der Waals surface area (Å²) >= 11 is 0. The maximum absolute atomic E-state index is 12.5. The molecule has 1 unspecified atom stereocenters. The number of ether oxygens (including phenoxy) is 1. The van der Waals surface area contributed by atoms with Crippen molar-refractivity contribution in [3.63, 3.8) is 0 Å². The highest BCUT2D eigenvalue weighted by molar-refractivity contribution is 5.69. The first-order valence-corrected chi connectivity index (χ1v) is 7.85. The molecule has 2 N–H and O–H groups in total. The van der Waals surface area contributed by atoms with E-state index >= 15 is 0 Å². The Labute approximate surface area is 123 Å². The van der Waals surface area contributed by atoms with Crippen molar-refractivity contribution in [2.75, 3.05) is 6.54 Å². The highest BCUT2D eigenvalue weighted by Gasteiger charge is 2.56. The van der Waals surface area contributed by atoms with E-state index in [9.17, 15) is 4.79 Å². The fourth-order valence-corrected chi connectivity index (χ4v) is 3.33. The van der Waals surface area contributed by atoms with Crippen molar-refractivity contribution in [3.05, 3.63) is 0 Å². The summed E-state index contributed by atoms with van der Waals surface area (Å²) in [6.07, 6.45) is 5.22. The lowest BCUT2D eigenvalue weighted by Crippen LogP contribution is -2.58. The summed E-state index contributed by atoms with van der Waals surface area (Å²) in [6, 6.07) is 0.193. The van der Waals surface area contributed by atoms with Crippen LogP contribution in [-0.2, 0) is 4.74 Å². The third-order valence-electron chi connectivity index (χ3n) is 5.04. The minimum absolute atomic E-state index is 0.0513. The van der Waals surface area contributed by atoms with Crippen LogP contribution in [-0.4, -0.2) is 34.7 Å². The van der Waals surface area contributed by atoms with Gasteiger partial charge in [0.25, 0.3) is 0 Å². The molecule has 1 heterocycles. The van der Waals surface area contributed by atoms with Gasteiger partial charge in [0.15, 0.2) is 0 Å². The quantitative estimate of drug-likeness (QED) is 0.845. The molecule has 0 spiro atoms. The summed E-state index contributed by atoms with van der Waals surface area (Å²) in [5.41, 5.74) is 5.87. The van der Waals surface area contributed by atoms with Gasteiger partial charge in [-0.2, -0.15) is 0 Å². The van der Waals surface area contributed by atoms with Crippen molar-refractivity contribution >= 4 is 6.09 Å². The molecule has 4 heteroatoms. The summed E-state index contributed by atoms with van der Waals surface area (Å²) in [7, 11) is 0. The highest BCUT2D eigenvalue weighted by Crippen LogP contribution is 2.52. The number of piperidine rings is 1. The molecule has 1 amide bonds. The largest absolute Gasteiger partial charge is 0.444 e. The molecule has 4 nitrogen and oxygen atoms in total. The second-order valence-electron chi connectivity index (χ2n) is 8.06. The SMILES string of the molecule is CC(C)(C)OC(=O)N1CCCCC1C(C)(C)C1(N)CC1. The predicted octanol–water partition coefficient (Wildman–Crippen LogP) is 3.29. The molecule has 1 aliphatic heterocycles. The summed E-state index contributed by atoms with van der Waals surface area (Å²) in [5.74, 6) is 0. The lowest BCUT2D eigenvalue weighted by atomic mass is 9.72. The predicted molar refractivity (Wildman–Crippen MR) is 80.5 cm³/mol. The van der Waals surface area contributed by atoms with Gasteiger partial charge >= 0.3 is 6.09 Å². The second-order valence-corrected chi connectivity index (χ2v) is 8.06. The molecule has 1 atom stereocenters. The highest BCUT2D eigenvalue weighted by atomic mass is 16.6. The van der Waals surface area contributed by atoms with Gasteiger partial charge in [0.2, 0.25) is 0 Å². The van der Waals surface area contributed by atoms with E-state index in [0.29, 0.717) is 0 Å². The molecule has 1 saturated heterocycles. The zero-order valence-corrected chi connectivity index (χ0v) is 13.7. The minimum Gasteiger partial charge on any atom is -0.444 e. The summed E-state index contributed by atoms with van der Waals surface area (Å²) in [5, 5.41) is 0. The first kappa shape index (κ1) is 15.6. The van der Waals surface area contributed by atoms with Gasteiger partial charge in [-0.3, -0.25) is 0 Å². The number of hydrogen-bond donors (Lipinski definition) is 1. The number of hydrogen-bond acceptors (Lipinski definition) is 3. The summed E-state index contributed by atoms with van der Waals surface area (Å²) in [4.78, 5) is 14.4. The number of carbonyl (C=O) groups excluding carboxylic acids is 1. The maximum atomic E-state index is 12.5. The number of carbonyl (C=O) groups is 1. The van der Waals surface area contributed by atoms with Crippen LogP contribution in [0.25, 0.3) is 0 Å². The van der Waals surface area contributed by atoms with Crippen molar-refractivity contribution in [1.82, 2.24) is 4.90 Å². The van der Waals surface area contributed by atoms with Crippen molar-refractivity contribution in [1.29, 1.82) is 0 Å².